The average molecular weight is 270 g/mol. The summed E-state index contributed by atoms with van der Waals surface area (Å²) in [7, 11) is 0. The fraction of sp³-hybridized carbons (Fsp3) is 1.00. The summed E-state index contributed by atoms with van der Waals surface area (Å²) < 4.78 is 12.3. The minimum Gasteiger partial charge on any atom is -0.349 e. The van der Waals surface area contributed by atoms with Crippen LogP contribution in [0.3, 0.4) is 0 Å². The first-order chi connectivity index (χ1) is 8.84. The number of rotatable bonds is 6. The van der Waals surface area contributed by atoms with E-state index in [1.165, 1.54) is 32.1 Å². The molecule has 1 aliphatic heterocycles. The largest absolute Gasteiger partial charge is 0.349 e. The van der Waals surface area contributed by atoms with Gasteiger partial charge in [0.25, 0.3) is 0 Å². The second kappa shape index (κ2) is 7.64. The number of hydrogen-bond donors (Lipinski definition) is 0. The lowest BCUT2D eigenvalue weighted by molar-refractivity contribution is -0.286. The van der Waals surface area contributed by atoms with E-state index in [0.29, 0.717) is 18.1 Å². The van der Waals surface area contributed by atoms with Gasteiger partial charge in [-0.3, -0.25) is 0 Å². The molecule has 1 heterocycles. The van der Waals surface area contributed by atoms with E-state index in [-0.39, 0.29) is 11.7 Å². The summed E-state index contributed by atoms with van der Waals surface area (Å²) in [4.78, 5) is 0. The highest BCUT2D eigenvalue weighted by Gasteiger charge is 2.37. The van der Waals surface area contributed by atoms with Crippen molar-refractivity contribution in [2.45, 2.75) is 98.6 Å². The summed E-state index contributed by atoms with van der Waals surface area (Å²) in [5.41, 5.74) is 0.0647. The van der Waals surface area contributed by atoms with E-state index in [2.05, 4.69) is 41.5 Å². The Morgan fingerprint density at radius 3 is 2.26 bits per heavy atom. The zero-order valence-corrected chi connectivity index (χ0v) is 13.9. The molecule has 1 fully saturated rings. The predicted octanol–water partition coefficient (Wildman–Crippen LogP) is 5.16. The van der Waals surface area contributed by atoms with Gasteiger partial charge in [0.15, 0.2) is 6.29 Å². The molecule has 2 heteroatoms. The molecule has 1 saturated heterocycles. The second-order valence-corrected chi connectivity index (χ2v) is 7.46. The van der Waals surface area contributed by atoms with Crippen LogP contribution < -0.4 is 0 Å². The molecule has 1 rings (SSSR count). The maximum atomic E-state index is 6.19. The van der Waals surface area contributed by atoms with Crippen LogP contribution in [-0.4, -0.2) is 18.5 Å². The van der Waals surface area contributed by atoms with Crippen molar-refractivity contribution >= 4 is 0 Å². The van der Waals surface area contributed by atoms with Crippen LogP contribution >= 0.6 is 0 Å². The molecule has 0 aliphatic carbocycles. The maximum Gasteiger partial charge on any atom is 0.163 e. The number of hydrogen-bond acceptors (Lipinski definition) is 2. The van der Waals surface area contributed by atoms with Crippen molar-refractivity contribution in [1.29, 1.82) is 0 Å². The van der Waals surface area contributed by atoms with Crippen molar-refractivity contribution < 1.29 is 9.47 Å². The normalized spacial score (nSPS) is 28.9. The smallest absolute Gasteiger partial charge is 0.163 e. The first-order valence-electron chi connectivity index (χ1n) is 8.15. The van der Waals surface area contributed by atoms with Crippen molar-refractivity contribution in [1.82, 2.24) is 0 Å². The summed E-state index contributed by atoms with van der Waals surface area (Å²) in [6.07, 6.45) is 8.23. The third kappa shape index (κ3) is 5.83. The van der Waals surface area contributed by atoms with Crippen molar-refractivity contribution in [3.8, 4) is 0 Å². The number of unbranched alkanes of at least 4 members (excludes halogenated alkanes) is 3. The summed E-state index contributed by atoms with van der Waals surface area (Å²) in [5, 5.41) is 0. The highest BCUT2D eigenvalue weighted by molar-refractivity contribution is 4.79. The van der Waals surface area contributed by atoms with Crippen molar-refractivity contribution in [2.24, 2.45) is 11.3 Å². The Labute approximate surface area is 120 Å². The molecule has 0 spiro atoms. The fourth-order valence-electron chi connectivity index (χ4n) is 2.56. The van der Waals surface area contributed by atoms with Crippen LogP contribution in [0, 0.1) is 11.3 Å². The summed E-state index contributed by atoms with van der Waals surface area (Å²) in [6.45, 7) is 13.4. The Kier molecular flexibility index (Phi) is 6.82. The van der Waals surface area contributed by atoms with Gasteiger partial charge in [-0.2, -0.15) is 0 Å². The molecule has 0 bridgehead atoms. The quantitative estimate of drug-likeness (QED) is 0.621. The monoisotopic (exact) mass is 270 g/mol. The van der Waals surface area contributed by atoms with Crippen molar-refractivity contribution in [2.75, 3.05) is 0 Å². The van der Waals surface area contributed by atoms with Gasteiger partial charge in [0.05, 0.1) is 12.2 Å². The van der Waals surface area contributed by atoms with Gasteiger partial charge in [-0.1, -0.05) is 67.2 Å². The lowest BCUT2D eigenvalue weighted by Crippen LogP contribution is -2.46. The van der Waals surface area contributed by atoms with E-state index in [1.807, 2.05) is 0 Å². The van der Waals surface area contributed by atoms with Crippen molar-refractivity contribution in [3.63, 3.8) is 0 Å². The minimum atomic E-state index is -0.0511. The molecule has 2 nitrogen and oxygen atoms in total. The third-order valence-electron chi connectivity index (χ3n) is 3.94. The molecule has 1 aliphatic rings. The first-order valence-corrected chi connectivity index (χ1v) is 8.15. The van der Waals surface area contributed by atoms with Crippen LogP contribution in [0.15, 0.2) is 0 Å². The van der Waals surface area contributed by atoms with Crippen LogP contribution in [0.2, 0.25) is 0 Å². The van der Waals surface area contributed by atoms with Gasteiger partial charge in [-0.15, -0.1) is 0 Å². The summed E-state index contributed by atoms with van der Waals surface area (Å²) >= 11 is 0. The molecule has 0 aromatic heterocycles. The molecular weight excluding hydrogens is 236 g/mol. The Bertz CT molecular complexity index is 242. The van der Waals surface area contributed by atoms with E-state index >= 15 is 0 Å². The lowest BCUT2D eigenvalue weighted by atomic mass is 9.91. The van der Waals surface area contributed by atoms with Gasteiger partial charge in [-0.05, 0) is 12.3 Å². The SMILES string of the molecule is CCCCCC[C@H]1C[C@H](C(C)C)O[C@@H](C(C)(C)C)O1. The van der Waals surface area contributed by atoms with E-state index in [0.717, 1.165) is 6.42 Å². The zero-order chi connectivity index (χ0) is 14.5. The second-order valence-electron chi connectivity index (χ2n) is 7.46. The highest BCUT2D eigenvalue weighted by atomic mass is 16.7. The molecule has 0 unspecified atom stereocenters. The maximum absolute atomic E-state index is 6.19. The van der Waals surface area contributed by atoms with Gasteiger partial charge >= 0.3 is 0 Å². The molecule has 19 heavy (non-hydrogen) atoms. The van der Waals surface area contributed by atoms with Crippen LogP contribution in [0.5, 0.6) is 0 Å². The van der Waals surface area contributed by atoms with Crippen LogP contribution in [0.1, 0.15) is 80.1 Å². The number of ether oxygens (including phenoxy) is 2. The summed E-state index contributed by atoms with van der Waals surface area (Å²) in [5.74, 6) is 0.576. The molecule has 0 N–H and O–H groups in total. The van der Waals surface area contributed by atoms with E-state index < -0.39 is 0 Å². The Hall–Kier alpha value is -0.0800. The predicted molar refractivity (Wildman–Crippen MR) is 81.2 cm³/mol. The van der Waals surface area contributed by atoms with Gasteiger partial charge in [0.2, 0.25) is 0 Å². The van der Waals surface area contributed by atoms with Crippen LogP contribution in [0.4, 0.5) is 0 Å². The van der Waals surface area contributed by atoms with Gasteiger partial charge < -0.3 is 9.47 Å². The fourth-order valence-corrected chi connectivity index (χ4v) is 2.56. The van der Waals surface area contributed by atoms with Gasteiger partial charge in [0.1, 0.15) is 0 Å². The van der Waals surface area contributed by atoms with Crippen LogP contribution in [0.25, 0.3) is 0 Å². The van der Waals surface area contributed by atoms with Gasteiger partial charge in [0, 0.05) is 11.8 Å². The lowest BCUT2D eigenvalue weighted by Gasteiger charge is -2.43. The summed E-state index contributed by atoms with van der Waals surface area (Å²) in [6, 6.07) is 0. The Morgan fingerprint density at radius 1 is 1.05 bits per heavy atom. The average Bonchev–Trinajstić information content (AvgIpc) is 2.33. The Morgan fingerprint density at radius 2 is 1.74 bits per heavy atom. The molecular formula is C17H34O2. The van der Waals surface area contributed by atoms with Gasteiger partial charge in [-0.25, -0.2) is 0 Å². The first kappa shape index (κ1) is 17.0. The zero-order valence-electron chi connectivity index (χ0n) is 13.9. The van der Waals surface area contributed by atoms with Crippen LogP contribution in [-0.2, 0) is 9.47 Å². The molecule has 0 saturated carbocycles. The van der Waals surface area contributed by atoms with Crippen molar-refractivity contribution in [3.05, 3.63) is 0 Å². The molecule has 0 aromatic carbocycles. The Balaban J connectivity index is 2.50. The molecule has 114 valence electrons. The molecule has 0 aromatic rings. The molecule has 3 atom stereocenters. The minimum absolute atomic E-state index is 0.0511. The van der Waals surface area contributed by atoms with E-state index in [1.54, 1.807) is 0 Å². The molecule has 0 radical (unpaired) electrons. The topological polar surface area (TPSA) is 18.5 Å². The highest BCUT2D eigenvalue weighted by Crippen LogP contribution is 2.34. The molecule has 0 amide bonds. The van der Waals surface area contributed by atoms with E-state index in [4.69, 9.17) is 9.47 Å². The standard InChI is InChI=1S/C17H34O2/c1-7-8-9-10-11-14-12-15(13(2)3)19-16(18-14)17(4,5)6/h13-16H,7-12H2,1-6H3/t14-,15+,16-/m0/s1. The third-order valence-corrected chi connectivity index (χ3v) is 3.94. The van der Waals surface area contributed by atoms with E-state index in [9.17, 15) is 0 Å².